The number of aliphatic hydroxyl groups excluding tert-OH is 1. The molecule has 0 fully saturated rings. The zero-order valence-electron chi connectivity index (χ0n) is 19.5. The van der Waals surface area contributed by atoms with Crippen LogP contribution in [0.4, 0.5) is 11.4 Å². The van der Waals surface area contributed by atoms with E-state index in [2.05, 4.69) is 28.9 Å². The number of amides is 1. The first-order valence-corrected chi connectivity index (χ1v) is 12.5. The number of benzene rings is 2. The first-order chi connectivity index (χ1) is 15.9. The number of nitrogens with one attached hydrogen (secondary N) is 2. The van der Waals surface area contributed by atoms with E-state index in [0.29, 0.717) is 29.2 Å². The summed E-state index contributed by atoms with van der Waals surface area (Å²) in [6.45, 7) is 7.29. The van der Waals surface area contributed by atoms with Gasteiger partial charge in [-0.05, 0) is 49.4 Å². The molecule has 0 aromatic heterocycles. The van der Waals surface area contributed by atoms with Gasteiger partial charge in [-0.25, -0.2) is 0 Å². The van der Waals surface area contributed by atoms with Gasteiger partial charge in [0, 0.05) is 18.2 Å². The monoisotopic (exact) mass is 481 g/mol. The van der Waals surface area contributed by atoms with Crippen molar-refractivity contribution in [2.24, 2.45) is 10.3 Å². The molecule has 178 valence electrons. The Morgan fingerprint density at radius 1 is 1.21 bits per heavy atom. The van der Waals surface area contributed by atoms with E-state index < -0.39 is 15.4 Å². The molecule has 0 saturated heterocycles. The summed E-state index contributed by atoms with van der Waals surface area (Å²) in [6.07, 6.45) is 1.31. The Bertz CT molecular complexity index is 1370. The van der Waals surface area contributed by atoms with Gasteiger partial charge in [0.25, 0.3) is 10.0 Å². The Hall–Kier alpha value is -3.46. The number of amidine groups is 1. The zero-order chi connectivity index (χ0) is 24.8. The van der Waals surface area contributed by atoms with Gasteiger partial charge in [0.1, 0.15) is 16.2 Å². The molecule has 34 heavy (non-hydrogen) atoms. The quantitative estimate of drug-likeness (QED) is 0.581. The number of carbonyl (C=O) groups is 2. The largest absolute Gasteiger partial charge is 0.506 e. The van der Waals surface area contributed by atoms with E-state index in [1.54, 1.807) is 18.2 Å². The summed E-state index contributed by atoms with van der Waals surface area (Å²) in [6, 6.07) is 11.5. The zero-order valence-corrected chi connectivity index (χ0v) is 20.3. The van der Waals surface area contributed by atoms with Crippen molar-refractivity contribution in [2.75, 3.05) is 10.6 Å². The number of hydrogen-bond acceptors (Lipinski definition) is 6. The summed E-state index contributed by atoms with van der Waals surface area (Å²) < 4.78 is 29.9. The van der Waals surface area contributed by atoms with Crippen molar-refractivity contribution < 1.29 is 23.1 Å². The summed E-state index contributed by atoms with van der Waals surface area (Å²) >= 11 is 0. The predicted molar refractivity (Wildman–Crippen MR) is 131 cm³/mol. The molecule has 3 N–H and O–H groups in total. The third-order valence-corrected chi connectivity index (χ3v) is 7.56. The minimum Gasteiger partial charge on any atom is -0.506 e. The molecule has 0 saturated carbocycles. The SMILES string of the molecule is CC(=O)Nc1ccc2c(c1)S(=O)(=O)N=C(C1=C(O)c3ccccc3[C@@](C)(CCC(C)C)C1=O)N2. The molecule has 1 aliphatic carbocycles. The van der Waals surface area contributed by atoms with Gasteiger partial charge in [-0.2, -0.15) is 8.42 Å². The highest BCUT2D eigenvalue weighted by Gasteiger charge is 2.46. The van der Waals surface area contributed by atoms with Gasteiger partial charge >= 0.3 is 0 Å². The Kier molecular flexibility index (Phi) is 5.85. The lowest BCUT2D eigenvalue weighted by atomic mass is 9.66. The average molecular weight is 482 g/mol. The lowest BCUT2D eigenvalue weighted by molar-refractivity contribution is -0.120. The highest BCUT2D eigenvalue weighted by molar-refractivity contribution is 7.90. The summed E-state index contributed by atoms with van der Waals surface area (Å²) in [5, 5.41) is 16.6. The number of hydrogen-bond donors (Lipinski definition) is 3. The van der Waals surface area contributed by atoms with E-state index in [1.165, 1.54) is 19.1 Å². The Balaban J connectivity index is 1.84. The van der Waals surface area contributed by atoms with Crippen LogP contribution in [-0.4, -0.2) is 31.1 Å². The minimum atomic E-state index is -4.21. The summed E-state index contributed by atoms with van der Waals surface area (Å²) in [7, 11) is -4.21. The number of ketones is 1. The second-order valence-corrected chi connectivity index (χ2v) is 10.9. The highest BCUT2D eigenvalue weighted by atomic mass is 32.2. The van der Waals surface area contributed by atoms with Crippen molar-refractivity contribution in [3.8, 4) is 0 Å². The first-order valence-electron chi connectivity index (χ1n) is 11.1. The van der Waals surface area contributed by atoms with E-state index in [0.717, 1.165) is 6.42 Å². The number of carbonyl (C=O) groups excluding carboxylic acids is 2. The van der Waals surface area contributed by atoms with Crippen LogP contribution in [0.15, 0.2) is 57.3 Å². The van der Waals surface area contributed by atoms with Crippen LogP contribution in [0.2, 0.25) is 0 Å². The molecule has 1 heterocycles. The molecule has 0 unspecified atom stereocenters. The Morgan fingerprint density at radius 2 is 1.91 bits per heavy atom. The third-order valence-electron chi connectivity index (χ3n) is 6.24. The molecule has 2 aromatic rings. The van der Waals surface area contributed by atoms with Crippen molar-refractivity contribution in [3.05, 3.63) is 59.2 Å². The Morgan fingerprint density at radius 3 is 2.59 bits per heavy atom. The fourth-order valence-electron chi connectivity index (χ4n) is 4.40. The molecule has 8 nitrogen and oxygen atoms in total. The van der Waals surface area contributed by atoms with E-state index >= 15 is 0 Å². The van der Waals surface area contributed by atoms with Gasteiger partial charge in [-0.1, -0.05) is 38.1 Å². The van der Waals surface area contributed by atoms with Gasteiger partial charge in [-0.3, -0.25) is 9.59 Å². The number of rotatable bonds is 5. The average Bonchev–Trinajstić information content (AvgIpc) is 2.76. The Labute approximate surface area is 198 Å². The number of sulfonamides is 1. The molecule has 0 spiro atoms. The van der Waals surface area contributed by atoms with E-state index in [1.807, 2.05) is 19.1 Å². The fraction of sp³-hybridized carbons (Fsp3) is 0.320. The summed E-state index contributed by atoms with van der Waals surface area (Å²) in [5.74, 6) is -0.887. The van der Waals surface area contributed by atoms with Crippen LogP contribution in [0.1, 0.15) is 51.7 Å². The van der Waals surface area contributed by atoms with Crippen molar-refractivity contribution in [2.45, 2.75) is 50.8 Å². The molecular weight excluding hydrogens is 454 g/mol. The van der Waals surface area contributed by atoms with Gasteiger partial charge in [0.2, 0.25) is 5.91 Å². The van der Waals surface area contributed by atoms with Crippen molar-refractivity contribution in [1.29, 1.82) is 0 Å². The first kappa shape index (κ1) is 23.7. The topological polar surface area (TPSA) is 125 Å². The second kappa shape index (κ2) is 8.39. The highest BCUT2D eigenvalue weighted by Crippen LogP contribution is 2.44. The number of anilines is 2. The molecule has 4 rings (SSSR count). The van der Waals surface area contributed by atoms with Gasteiger partial charge < -0.3 is 15.7 Å². The molecule has 2 aliphatic rings. The number of aliphatic hydroxyl groups is 1. The predicted octanol–water partition coefficient (Wildman–Crippen LogP) is 4.40. The maximum Gasteiger partial charge on any atom is 0.286 e. The number of fused-ring (bicyclic) bond motifs is 2. The molecular formula is C25H27N3O5S. The van der Waals surface area contributed by atoms with Crippen molar-refractivity contribution in [1.82, 2.24) is 0 Å². The van der Waals surface area contributed by atoms with E-state index in [9.17, 15) is 23.1 Å². The number of nitrogens with zero attached hydrogens (tertiary/aromatic N) is 1. The third kappa shape index (κ3) is 4.00. The van der Waals surface area contributed by atoms with Crippen LogP contribution in [0, 0.1) is 5.92 Å². The summed E-state index contributed by atoms with van der Waals surface area (Å²) in [4.78, 5) is 25.1. The van der Waals surface area contributed by atoms with Gasteiger partial charge in [0.15, 0.2) is 11.6 Å². The lowest BCUT2D eigenvalue weighted by Gasteiger charge is -2.36. The molecule has 9 heteroatoms. The summed E-state index contributed by atoms with van der Waals surface area (Å²) in [5.41, 5.74) is 0.603. The van der Waals surface area contributed by atoms with Crippen LogP contribution in [0.25, 0.3) is 5.76 Å². The fourth-order valence-corrected chi connectivity index (χ4v) is 5.55. The van der Waals surface area contributed by atoms with Crippen molar-refractivity contribution >= 4 is 44.7 Å². The smallest absolute Gasteiger partial charge is 0.286 e. The van der Waals surface area contributed by atoms with Gasteiger partial charge in [0.05, 0.1) is 11.1 Å². The standard InChI is InChI=1S/C25H27N3O5S/c1-14(2)11-12-25(4)18-8-6-5-7-17(18)22(30)21(23(25)31)24-27-19-10-9-16(26-15(3)29)13-20(19)34(32,33)28-24/h5-10,13-14,30H,11-12H2,1-4H3,(H,26,29)(H,27,28)/t25-/m1/s1. The second-order valence-electron chi connectivity index (χ2n) is 9.30. The molecule has 1 amide bonds. The van der Waals surface area contributed by atoms with Crippen molar-refractivity contribution in [3.63, 3.8) is 0 Å². The van der Waals surface area contributed by atoms with Crippen LogP contribution in [0.5, 0.6) is 0 Å². The van der Waals surface area contributed by atoms with E-state index in [4.69, 9.17) is 0 Å². The number of Topliss-reactive ketones (excluding diaryl/α,β-unsaturated/α-hetero) is 1. The van der Waals surface area contributed by atoms with Crippen LogP contribution < -0.4 is 10.6 Å². The van der Waals surface area contributed by atoms with E-state index in [-0.39, 0.29) is 39.4 Å². The minimum absolute atomic E-state index is 0.131. The normalized spacial score (nSPS) is 20.9. The lowest BCUT2D eigenvalue weighted by Crippen LogP contribution is -2.42. The molecule has 0 bridgehead atoms. The van der Waals surface area contributed by atoms with Crippen LogP contribution >= 0.6 is 0 Å². The molecule has 2 aromatic carbocycles. The molecule has 1 aliphatic heterocycles. The van der Waals surface area contributed by atoms with Crippen LogP contribution in [-0.2, 0) is 25.0 Å². The maximum absolute atomic E-state index is 13.8. The molecule has 0 radical (unpaired) electrons. The maximum atomic E-state index is 13.8. The van der Waals surface area contributed by atoms with Gasteiger partial charge in [-0.15, -0.1) is 4.40 Å². The van der Waals surface area contributed by atoms with Crippen LogP contribution in [0.3, 0.4) is 0 Å². The molecule has 1 atom stereocenters.